The molecule has 2 N–H and O–H groups in total. The minimum atomic E-state index is -0.419. The van der Waals surface area contributed by atoms with Crippen molar-refractivity contribution in [2.24, 2.45) is 0 Å². The van der Waals surface area contributed by atoms with Gasteiger partial charge in [-0.3, -0.25) is 15.0 Å². The molecule has 3 rings (SSSR count). The van der Waals surface area contributed by atoms with Crippen LogP contribution in [0.15, 0.2) is 12.3 Å². The highest BCUT2D eigenvalue weighted by Gasteiger charge is 2.34. The molecule has 0 radical (unpaired) electrons. The van der Waals surface area contributed by atoms with E-state index in [9.17, 15) is 10.1 Å². The first-order chi connectivity index (χ1) is 10.1. The van der Waals surface area contributed by atoms with Crippen LogP contribution in [0.2, 0.25) is 0 Å². The molecule has 2 aliphatic rings. The molecule has 3 heterocycles. The maximum Gasteiger partial charge on any atom is 0.313 e. The minimum Gasteiger partial charge on any atom is -0.397 e. The summed E-state index contributed by atoms with van der Waals surface area (Å²) in [6, 6.07) is 2.03. The molecular weight excluding hydrogens is 274 g/mol. The first-order valence-electron chi connectivity index (χ1n) is 7.04. The van der Waals surface area contributed by atoms with E-state index in [1.807, 2.05) is 4.90 Å². The van der Waals surface area contributed by atoms with Crippen molar-refractivity contribution in [2.45, 2.75) is 19.0 Å². The molecule has 8 heteroatoms. The van der Waals surface area contributed by atoms with Crippen molar-refractivity contribution in [3.05, 3.63) is 22.4 Å². The summed E-state index contributed by atoms with van der Waals surface area (Å²) in [6.07, 6.45) is 1.47. The summed E-state index contributed by atoms with van der Waals surface area (Å²) in [5.41, 5.74) is 5.89. The molecule has 0 bridgehead atoms. The maximum atomic E-state index is 11.2. The van der Waals surface area contributed by atoms with Gasteiger partial charge in [0.1, 0.15) is 0 Å². The zero-order valence-electron chi connectivity index (χ0n) is 11.9. The lowest BCUT2D eigenvalue weighted by atomic mass is 10.1. The summed E-state index contributed by atoms with van der Waals surface area (Å²) < 4.78 is 5.23. The zero-order valence-corrected chi connectivity index (χ0v) is 11.9. The van der Waals surface area contributed by atoms with Crippen molar-refractivity contribution in [3.63, 3.8) is 0 Å². The molecule has 2 fully saturated rings. The van der Waals surface area contributed by atoms with Gasteiger partial charge in [-0.2, -0.15) is 0 Å². The molecule has 0 amide bonds. The number of hydrogen-bond donors (Lipinski definition) is 1. The Kier molecular flexibility index (Phi) is 3.64. The normalized spacial score (nSPS) is 23.9. The Morgan fingerprint density at radius 1 is 1.48 bits per heavy atom. The van der Waals surface area contributed by atoms with Crippen LogP contribution in [0.4, 0.5) is 17.2 Å². The van der Waals surface area contributed by atoms with E-state index in [0.717, 1.165) is 32.8 Å². The second-order valence-corrected chi connectivity index (χ2v) is 5.60. The topological polar surface area (TPSA) is 97.8 Å². The van der Waals surface area contributed by atoms with E-state index in [2.05, 4.69) is 16.8 Å². The summed E-state index contributed by atoms with van der Waals surface area (Å²) >= 11 is 0. The van der Waals surface area contributed by atoms with E-state index in [0.29, 0.717) is 17.5 Å². The third kappa shape index (κ3) is 2.64. The average molecular weight is 293 g/mol. The van der Waals surface area contributed by atoms with Gasteiger partial charge in [0.05, 0.1) is 36.1 Å². The molecule has 2 saturated heterocycles. The molecule has 0 aromatic carbocycles. The Labute approximate surface area is 122 Å². The Morgan fingerprint density at radius 2 is 2.24 bits per heavy atom. The smallest absolute Gasteiger partial charge is 0.313 e. The fraction of sp³-hybridized carbons (Fsp3) is 0.615. The minimum absolute atomic E-state index is 0.0257. The van der Waals surface area contributed by atoms with Crippen LogP contribution >= 0.6 is 0 Å². The standard InChI is InChI=1S/C13H19N5O3/c1-9-6-16(11-7-21-8-11)2-3-17(9)13-12(18(19)20)4-10(14)5-15-13/h4-5,9,11H,2-3,6-8,14H2,1H3/t9-/m0/s1. The Morgan fingerprint density at radius 3 is 2.81 bits per heavy atom. The van der Waals surface area contributed by atoms with E-state index in [-0.39, 0.29) is 11.7 Å². The van der Waals surface area contributed by atoms with Crippen LogP contribution in [0, 0.1) is 10.1 Å². The molecule has 21 heavy (non-hydrogen) atoms. The molecule has 0 spiro atoms. The van der Waals surface area contributed by atoms with E-state index >= 15 is 0 Å². The number of hydrogen-bond acceptors (Lipinski definition) is 7. The van der Waals surface area contributed by atoms with Crippen LogP contribution in [0.5, 0.6) is 0 Å². The number of rotatable bonds is 3. The van der Waals surface area contributed by atoms with Crippen molar-refractivity contribution in [2.75, 3.05) is 43.5 Å². The van der Waals surface area contributed by atoms with Crippen LogP contribution < -0.4 is 10.6 Å². The molecule has 0 saturated carbocycles. The van der Waals surface area contributed by atoms with Gasteiger partial charge >= 0.3 is 5.69 Å². The summed E-state index contributed by atoms with van der Waals surface area (Å²) in [7, 11) is 0. The van der Waals surface area contributed by atoms with Crippen LogP contribution in [0.25, 0.3) is 0 Å². The predicted octanol–water partition coefficient (Wildman–Crippen LogP) is 0.481. The lowest BCUT2D eigenvalue weighted by Crippen LogP contribution is -2.59. The van der Waals surface area contributed by atoms with E-state index in [4.69, 9.17) is 10.5 Å². The van der Waals surface area contributed by atoms with Crippen molar-refractivity contribution in [1.29, 1.82) is 0 Å². The third-order valence-corrected chi connectivity index (χ3v) is 4.13. The number of aromatic nitrogens is 1. The Balaban J connectivity index is 1.79. The van der Waals surface area contributed by atoms with Crippen molar-refractivity contribution < 1.29 is 9.66 Å². The van der Waals surface area contributed by atoms with Gasteiger partial charge in [-0.15, -0.1) is 0 Å². The Hall–Kier alpha value is -1.93. The third-order valence-electron chi connectivity index (χ3n) is 4.13. The van der Waals surface area contributed by atoms with Gasteiger partial charge in [-0.05, 0) is 6.92 Å². The molecule has 114 valence electrons. The van der Waals surface area contributed by atoms with E-state index in [1.54, 1.807) is 0 Å². The molecule has 0 unspecified atom stereocenters. The highest BCUT2D eigenvalue weighted by Crippen LogP contribution is 2.30. The first-order valence-corrected chi connectivity index (χ1v) is 7.04. The van der Waals surface area contributed by atoms with Crippen LogP contribution in [0.1, 0.15) is 6.92 Å². The summed E-state index contributed by atoms with van der Waals surface area (Å²) in [4.78, 5) is 19.4. The van der Waals surface area contributed by atoms with Crippen molar-refractivity contribution in [1.82, 2.24) is 9.88 Å². The number of piperazine rings is 1. The fourth-order valence-electron chi connectivity index (χ4n) is 2.88. The number of nitro groups is 1. The van der Waals surface area contributed by atoms with Crippen LogP contribution in [-0.4, -0.2) is 59.7 Å². The number of nitrogens with zero attached hydrogens (tertiary/aromatic N) is 4. The zero-order chi connectivity index (χ0) is 15.0. The largest absolute Gasteiger partial charge is 0.397 e. The summed E-state index contributed by atoms with van der Waals surface area (Å²) in [5.74, 6) is 0.409. The number of nitrogen functional groups attached to an aromatic ring is 1. The number of anilines is 2. The van der Waals surface area contributed by atoms with Crippen LogP contribution in [-0.2, 0) is 4.74 Å². The van der Waals surface area contributed by atoms with Crippen LogP contribution in [0.3, 0.4) is 0 Å². The number of pyridine rings is 1. The van der Waals surface area contributed by atoms with Gasteiger partial charge in [0, 0.05) is 31.7 Å². The van der Waals surface area contributed by atoms with Gasteiger partial charge in [0.15, 0.2) is 0 Å². The summed E-state index contributed by atoms with van der Waals surface area (Å²) in [6.45, 7) is 6.07. The molecular formula is C13H19N5O3. The highest BCUT2D eigenvalue weighted by molar-refractivity contribution is 5.63. The predicted molar refractivity (Wildman–Crippen MR) is 78.3 cm³/mol. The highest BCUT2D eigenvalue weighted by atomic mass is 16.6. The van der Waals surface area contributed by atoms with Gasteiger partial charge in [-0.25, -0.2) is 4.98 Å². The van der Waals surface area contributed by atoms with Crippen molar-refractivity contribution >= 4 is 17.2 Å². The fourth-order valence-corrected chi connectivity index (χ4v) is 2.88. The lowest BCUT2D eigenvalue weighted by molar-refractivity contribution is -0.384. The second kappa shape index (κ2) is 5.45. The SMILES string of the molecule is C[C@H]1CN(C2COC2)CCN1c1ncc(N)cc1[N+](=O)[O-]. The molecule has 1 atom stereocenters. The quantitative estimate of drug-likeness (QED) is 0.639. The second-order valence-electron chi connectivity index (χ2n) is 5.60. The van der Waals surface area contributed by atoms with Gasteiger partial charge < -0.3 is 15.4 Å². The molecule has 1 aromatic rings. The number of ether oxygens (including phenoxy) is 1. The molecule has 2 aliphatic heterocycles. The first kappa shape index (κ1) is 14.0. The van der Waals surface area contributed by atoms with E-state index in [1.165, 1.54) is 12.3 Å². The average Bonchev–Trinajstić information content (AvgIpc) is 2.37. The van der Waals surface area contributed by atoms with Gasteiger partial charge in [-0.1, -0.05) is 0 Å². The maximum absolute atomic E-state index is 11.2. The molecule has 8 nitrogen and oxygen atoms in total. The summed E-state index contributed by atoms with van der Waals surface area (Å²) in [5, 5.41) is 11.2. The number of nitrogens with two attached hydrogens (primary N) is 1. The molecule has 1 aromatic heterocycles. The Bertz CT molecular complexity index is 549. The lowest BCUT2D eigenvalue weighted by Gasteiger charge is -2.45. The van der Waals surface area contributed by atoms with E-state index < -0.39 is 4.92 Å². The van der Waals surface area contributed by atoms with Gasteiger partial charge in [0.2, 0.25) is 5.82 Å². The monoisotopic (exact) mass is 293 g/mol. The van der Waals surface area contributed by atoms with Gasteiger partial charge in [0.25, 0.3) is 0 Å². The van der Waals surface area contributed by atoms with Crippen molar-refractivity contribution in [3.8, 4) is 0 Å². The molecule has 0 aliphatic carbocycles.